The van der Waals surface area contributed by atoms with Gasteiger partial charge in [0.2, 0.25) is 0 Å². The molecule has 0 radical (unpaired) electrons. The summed E-state index contributed by atoms with van der Waals surface area (Å²) in [5.41, 5.74) is 10.7. The molecule has 0 fully saturated rings. The normalized spacial score (nSPS) is 18.4. The lowest BCUT2D eigenvalue weighted by atomic mass is 9.96. The lowest BCUT2D eigenvalue weighted by Crippen LogP contribution is -2.27. The molecule has 3 aromatic carbocycles. The molecule has 0 amide bonds. The standard InChI is InChI=1S/C30H24N2/c1-5-16-27-23(12-1)24-13-2-6-17-28(24)31(27)21-10-9-11-22(20-21)32-29-18-7-3-14-25(29)26-15-4-8-19-30(26)32/h1-7,9-16,18,20,28H,8,17,19H2. The van der Waals surface area contributed by atoms with Crippen LogP contribution in [0.5, 0.6) is 0 Å². The Hall–Kier alpha value is -3.78. The first-order chi connectivity index (χ1) is 15.9. The van der Waals surface area contributed by atoms with E-state index in [0.717, 1.165) is 19.3 Å². The largest absolute Gasteiger partial charge is 0.333 e. The molecule has 0 saturated carbocycles. The molecule has 7 rings (SSSR count). The number of nitrogens with zero attached hydrogens (tertiary/aromatic N) is 2. The first-order valence-electron chi connectivity index (χ1n) is 11.5. The molecular weight excluding hydrogens is 388 g/mol. The van der Waals surface area contributed by atoms with Gasteiger partial charge in [-0.05, 0) is 55.2 Å². The molecule has 2 heteroatoms. The molecule has 1 unspecified atom stereocenters. The van der Waals surface area contributed by atoms with Crippen LogP contribution in [-0.2, 0) is 6.42 Å². The summed E-state index contributed by atoms with van der Waals surface area (Å²) in [5, 5.41) is 1.35. The SMILES string of the molecule is C1=CCC2C(=C1)c1ccccc1N2c1cccc(-n2c3c(c4ccccc42)C=CCC3)c1. The smallest absolute Gasteiger partial charge is 0.0632 e. The third-order valence-corrected chi connectivity index (χ3v) is 7.13. The lowest BCUT2D eigenvalue weighted by molar-refractivity contribution is 0.828. The minimum atomic E-state index is 0.367. The van der Waals surface area contributed by atoms with Gasteiger partial charge in [-0.1, -0.05) is 72.8 Å². The summed E-state index contributed by atoms with van der Waals surface area (Å²) in [4.78, 5) is 2.53. The predicted octanol–water partition coefficient (Wildman–Crippen LogP) is 7.45. The molecule has 2 nitrogen and oxygen atoms in total. The first-order valence-corrected chi connectivity index (χ1v) is 11.5. The van der Waals surface area contributed by atoms with E-state index in [0.29, 0.717) is 6.04 Å². The molecule has 2 aliphatic carbocycles. The van der Waals surface area contributed by atoms with Gasteiger partial charge in [-0.25, -0.2) is 0 Å². The summed E-state index contributed by atoms with van der Waals surface area (Å²) in [6, 6.07) is 27.1. The Morgan fingerprint density at radius 2 is 1.69 bits per heavy atom. The summed E-state index contributed by atoms with van der Waals surface area (Å²) in [6.07, 6.45) is 14.6. The van der Waals surface area contributed by atoms with Gasteiger partial charge in [0.1, 0.15) is 0 Å². The third kappa shape index (κ3) is 2.47. The summed E-state index contributed by atoms with van der Waals surface area (Å²) < 4.78 is 2.48. The molecule has 32 heavy (non-hydrogen) atoms. The summed E-state index contributed by atoms with van der Waals surface area (Å²) in [5.74, 6) is 0. The molecule has 0 bridgehead atoms. The molecule has 0 spiro atoms. The van der Waals surface area contributed by atoms with Crippen LogP contribution in [0.4, 0.5) is 11.4 Å². The van der Waals surface area contributed by atoms with Crippen molar-refractivity contribution in [2.75, 3.05) is 4.90 Å². The van der Waals surface area contributed by atoms with Gasteiger partial charge < -0.3 is 9.47 Å². The van der Waals surface area contributed by atoms with Crippen molar-refractivity contribution < 1.29 is 0 Å². The highest BCUT2D eigenvalue weighted by Gasteiger charge is 2.34. The highest BCUT2D eigenvalue weighted by Crippen LogP contribution is 2.47. The number of para-hydroxylation sites is 2. The topological polar surface area (TPSA) is 8.17 Å². The van der Waals surface area contributed by atoms with Crippen LogP contribution in [0, 0.1) is 0 Å². The molecule has 0 N–H and O–H groups in total. The number of hydrogen-bond acceptors (Lipinski definition) is 1. The van der Waals surface area contributed by atoms with Crippen molar-refractivity contribution in [2.24, 2.45) is 0 Å². The van der Waals surface area contributed by atoms with Crippen LogP contribution < -0.4 is 4.90 Å². The molecule has 2 heterocycles. The van der Waals surface area contributed by atoms with Crippen molar-refractivity contribution >= 4 is 33.9 Å². The van der Waals surface area contributed by atoms with Gasteiger partial charge in [0.25, 0.3) is 0 Å². The number of anilines is 2. The van der Waals surface area contributed by atoms with Gasteiger partial charge in [-0.3, -0.25) is 0 Å². The minimum Gasteiger partial charge on any atom is -0.333 e. The molecular formula is C30H24N2. The zero-order valence-corrected chi connectivity index (χ0v) is 17.9. The van der Waals surface area contributed by atoms with Crippen molar-refractivity contribution in [2.45, 2.75) is 25.3 Å². The highest BCUT2D eigenvalue weighted by atomic mass is 15.2. The van der Waals surface area contributed by atoms with E-state index in [9.17, 15) is 0 Å². The predicted molar refractivity (Wildman–Crippen MR) is 135 cm³/mol. The Morgan fingerprint density at radius 3 is 2.69 bits per heavy atom. The van der Waals surface area contributed by atoms with E-state index in [1.54, 1.807) is 0 Å². The zero-order valence-electron chi connectivity index (χ0n) is 17.9. The monoisotopic (exact) mass is 412 g/mol. The van der Waals surface area contributed by atoms with E-state index < -0.39 is 0 Å². The second-order valence-electron chi connectivity index (χ2n) is 8.86. The van der Waals surface area contributed by atoms with Crippen LogP contribution in [0.2, 0.25) is 0 Å². The third-order valence-electron chi connectivity index (χ3n) is 7.13. The van der Waals surface area contributed by atoms with E-state index in [4.69, 9.17) is 0 Å². The van der Waals surface area contributed by atoms with Crippen LogP contribution in [0.15, 0.2) is 97.1 Å². The number of aromatic nitrogens is 1. The van der Waals surface area contributed by atoms with E-state index in [-0.39, 0.29) is 0 Å². The van der Waals surface area contributed by atoms with Gasteiger partial charge in [-0.2, -0.15) is 0 Å². The quantitative estimate of drug-likeness (QED) is 0.332. The van der Waals surface area contributed by atoms with Crippen LogP contribution in [0.3, 0.4) is 0 Å². The highest BCUT2D eigenvalue weighted by molar-refractivity contribution is 5.95. The zero-order chi connectivity index (χ0) is 21.1. The van der Waals surface area contributed by atoms with Gasteiger partial charge >= 0.3 is 0 Å². The molecule has 154 valence electrons. The second kappa shape index (κ2) is 6.86. The number of hydrogen-bond donors (Lipinski definition) is 0. The van der Waals surface area contributed by atoms with Crippen molar-refractivity contribution in [3.8, 4) is 5.69 Å². The molecule has 1 aromatic heterocycles. The molecule has 4 aromatic rings. The molecule has 0 saturated heterocycles. The fraction of sp³-hybridized carbons (Fsp3) is 0.133. The van der Waals surface area contributed by atoms with Gasteiger partial charge in [0.05, 0.1) is 11.6 Å². The van der Waals surface area contributed by atoms with Crippen LogP contribution >= 0.6 is 0 Å². The maximum Gasteiger partial charge on any atom is 0.0632 e. The molecule has 1 aliphatic heterocycles. The van der Waals surface area contributed by atoms with Gasteiger partial charge in [-0.15, -0.1) is 0 Å². The fourth-order valence-corrected chi connectivity index (χ4v) is 5.79. The fourth-order valence-electron chi connectivity index (χ4n) is 5.79. The van der Waals surface area contributed by atoms with E-state index in [1.807, 2.05) is 0 Å². The van der Waals surface area contributed by atoms with Crippen LogP contribution in [-0.4, -0.2) is 10.6 Å². The second-order valence-corrected chi connectivity index (χ2v) is 8.86. The Kier molecular flexibility index (Phi) is 3.83. The van der Waals surface area contributed by atoms with Crippen molar-refractivity contribution in [3.05, 3.63) is 114 Å². The van der Waals surface area contributed by atoms with Gasteiger partial charge in [0, 0.05) is 39.3 Å². The summed E-state index contributed by atoms with van der Waals surface area (Å²) in [7, 11) is 0. The molecule has 3 aliphatic rings. The summed E-state index contributed by atoms with van der Waals surface area (Å²) >= 11 is 0. The van der Waals surface area contributed by atoms with Crippen molar-refractivity contribution in [3.63, 3.8) is 0 Å². The Labute approximate surface area is 188 Å². The van der Waals surface area contributed by atoms with Crippen LogP contribution in [0.1, 0.15) is 29.7 Å². The number of allylic oxidation sites excluding steroid dienone is 3. The van der Waals surface area contributed by atoms with E-state index >= 15 is 0 Å². The lowest BCUT2D eigenvalue weighted by Gasteiger charge is -2.29. The number of rotatable bonds is 2. The number of fused-ring (bicyclic) bond motifs is 6. The van der Waals surface area contributed by atoms with Gasteiger partial charge in [0.15, 0.2) is 0 Å². The maximum atomic E-state index is 2.53. The average molecular weight is 413 g/mol. The first kappa shape index (κ1) is 17.9. The Morgan fingerprint density at radius 1 is 0.812 bits per heavy atom. The Bertz CT molecular complexity index is 1460. The minimum absolute atomic E-state index is 0.367. The van der Waals surface area contributed by atoms with E-state index in [2.05, 4.69) is 113 Å². The molecule has 1 atom stereocenters. The summed E-state index contributed by atoms with van der Waals surface area (Å²) in [6.45, 7) is 0. The van der Waals surface area contributed by atoms with Crippen LogP contribution in [0.25, 0.3) is 28.2 Å². The Balaban J connectivity index is 1.42. The average Bonchev–Trinajstić information content (AvgIpc) is 3.37. The van der Waals surface area contributed by atoms with E-state index in [1.165, 1.54) is 50.4 Å². The van der Waals surface area contributed by atoms with Crippen molar-refractivity contribution in [1.82, 2.24) is 4.57 Å². The number of benzene rings is 3. The maximum absolute atomic E-state index is 2.53. The van der Waals surface area contributed by atoms with Crippen molar-refractivity contribution in [1.29, 1.82) is 0 Å².